The highest BCUT2D eigenvalue weighted by Crippen LogP contribution is 2.29. The van der Waals surface area contributed by atoms with Gasteiger partial charge in [-0.05, 0) is 31.9 Å². The van der Waals surface area contributed by atoms with Gasteiger partial charge < -0.3 is 5.32 Å². The summed E-state index contributed by atoms with van der Waals surface area (Å²) in [4.78, 5) is 16.7. The second-order valence-corrected chi connectivity index (χ2v) is 10.1. The van der Waals surface area contributed by atoms with Gasteiger partial charge in [-0.25, -0.2) is 17.7 Å². The summed E-state index contributed by atoms with van der Waals surface area (Å²) in [6.45, 7) is 1.75. The smallest absolute Gasteiger partial charge is 0.244 e. The molecule has 1 heterocycles. The molecule has 0 radical (unpaired) electrons. The zero-order valence-electron chi connectivity index (χ0n) is 15.2. The Labute approximate surface area is 159 Å². The van der Waals surface area contributed by atoms with Crippen LogP contribution in [0.3, 0.4) is 0 Å². The number of aromatic nitrogens is 1. The summed E-state index contributed by atoms with van der Waals surface area (Å²) in [5.41, 5.74) is -0.763. The van der Waals surface area contributed by atoms with Crippen molar-refractivity contribution in [1.82, 2.24) is 14.6 Å². The van der Waals surface area contributed by atoms with Crippen molar-refractivity contribution in [3.05, 3.63) is 18.3 Å². The Kier molecular flexibility index (Phi) is 6.66. The molecule has 1 aliphatic carbocycles. The second kappa shape index (κ2) is 8.37. The van der Waals surface area contributed by atoms with Gasteiger partial charge in [-0.15, -0.1) is 0 Å². The zero-order valence-corrected chi connectivity index (χ0v) is 16.9. The Bertz CT molecular complexity index is 779. The van der Waals surface area contributed by atoms with Crippen LogP contribution in [0.5, 0.6) is 0 Å². The Hall–Kier alpha value is -1.63. The van der Waals surface area contributed by atoms with E-state index in [4.69, 9.17) is 0 Å². The van der Waals surface area contributed by atoms with E-state index in [1.54, 1.807) is 13.0 Å². The van der Waals surface area contributed by atoms with Gasteiger partial charge in [-0.2, -0.15) is 5.26 Å². The molecule has 1 amide bonds. The fraction of sp³-hybridized carbons (Fsp3) is 0.588. The van der Waals surface area contributed by atoms with Crippen LogP contribution >= 0.6 is 11.8 Å². The van der Waals surface area contributed by atoms with Gasteiger partial charge in [-0.1, -0.05) is 31.0 Å². The number of carbonyl (C=O) groups excluding carboxylic acids is 1. The van der Waals surface area contributed by atoms with Crippen LogP contribution in [-0.2, 0) is 14.8 Å². The van der Waals surface area contributed by atoms with Crippen molar-refractivity contribution in [3.63, 3.8) is 0 Å². The number of amides is 1. The lowest BCUT2D eigenvalue weighted by Gasteiger charge is -2.32. The van der Waals surface area contributed by atoms with Crippen molar-refractivity contribution in [1.29, 1.82) is 5.26 Å². The van der Waals surface area contributed by atoms with Crippen molar-refractivity contribution >= 4 is 27.7 Å². The van der Waals surface area contributed by atoms with Gasteiger partial charge in [0.2, 0.25) is 15.9 Å². The predicted molar refractivity (Wildman–Crippen MR) is 100 cm³/mol. The van der Waals surface area contributed by atoms with Crippen LogP contribution in [0.4, 0.5) is 0 Å². The minimum absolute atomic E-state index is 0.106. The van der Waals surface area contributed by atoms with Crippen LogP contribution in [0.25, 0.3) is 0 Å². The van der Waals surface area contributed by atoms with Gasteiger partial charge >= 0.3 is 0 Å². The molecule has 0 spiro atoms. The Morgan fingerprint density at radius 3 is 2.50 bits per heavy atom. The number of pyridine rings is 1. The number of sulfonamides is 1. The van der Waals surface area contributed by atoms with E-state index in [1.807, 2.05) is 0 Å². The quantitative estimate of drug-likeness (QED) is 0.739. The lowest BCUT2D eigenvalue weighted by molar-refractivity contribution is -0.121. The van der Waals surface area contributed by atoms with Gasteiger partial charge in [0.15, 0.2) is 0 Å². The molecule has 1 N–H and O–H groups in total. The molecule has 0 aromatic carbocycles. The molecule has 2 rings (SSSR count). The van der Waals surface area contributed by atoms with E-state index in [1.165, 1.54) is 38.1 Å². The Balaban J connectivity index is 2.02. The van der Waals surface area contributed by atoms with Crippen LogP contribution in [0.2, 0.25) is 0 Å². The van der Waals surface area contributed by atoms with E-state index in [2.05, 4.69) is 16.4 Å². The van der Waals surface area contributed by atoms with Crippen molar-refractivity contribution in [2.75, 3.05) is 14.1 Å². The SMILES string of the molecule is C[C@@H](Sc1ccc(S(=O)(=O)N(C)C)cn1)C(=O)NC1(C#N)CCCCC1. The molecule has 9 heteroatoms. The molecule has 1 fully saturated rings. The van der Waals surface area contributed by atoms with Gasteiger partial charge in [0.05, 0.1) is 16.3 Å². The standard InChI is InChI=1S/C17H24N4O3S2/c1-13(16(22)20-17(12-18)9-5-4-6-10-17)25-15-8-7-14(11-19-15)26(23,24)21(2)3/h7-8,11,13H,4-6,9-10H2,1-3H3,(H,20,22)/t13-/m1/s1. The third kappa shape index (κ3) is 4.75. The average Bonchev–Trinajstić information content (AvgIpc) is 2.62. The molecular formula is C17H24N4O3S2. The summed E-state index contributed by atoms with van der Waals surface area (Å²) in [6.07, 6.45) is 5.64. The minimum Gasteiger partial charge on any atom is -0.337 e. The first-order valence-corrected chi connectivity index (χ1v) is 10.8. The predicted octanol–water partition coefficient (Wildman–Crippen LogP) is 2.16. The Morgan fingerprint density at radius 2 is 2.00 bits per heavy atom. The number of carbonyl (C=O) groups is 1. The lowest BCUT2D eigenvalue weighted by Crippen LogP contribution is -2.50. The van der Waals surface area contributed by atoms with Crippen LogP contribution in [0.1, 0.15) is 39.0 Å². The summed E-state index contributed by atoms with van der Waals surface area (Å²) in [6, 6.07) is 5.34. The van der Waals surface area contributed by atoms with E-state index in [-0.39, 0.29) is 10.8 Å². The maximum absolute atomic E-state index is 12.5. The van der Waals surface area contributed by atoms with Gasteiger partial charge in [0.25, 0.3) is 0 Å². The van der Waals surface area contributed by atoms with E-state index in [0.717, 1.165) is 23.6 Å². The first kappa shape index (κ1) is 20.7. The van der Waals surface area contributed by atoms with Crippen molar-refractivity contribution in [2.45, 2.75) is 59.7 Å². The molecule has 26 heavy (non-hydrogen) atoms. The molecular weight excluding hydrogens is 372 g/mol. The van der Waals surface area contributed by atoms with Crippen molar-refractivity contribution in [3.8, 4) is 6.07 Å². The number of rotatable bonds is 6. The number of hydrogen-bond acceptors (Lipinski definition) is 6. The highest BCUT2D eigenvalue weighted by Gasteiger charge is 2.34. The summed E-state index contributed by atoms with van der Waals surface area (Å²) >= 11 is 1.24. The molecule has 0 saturated heterocycles. The highest BCUT2D eigenvalue weighted by atomic mass is 32.2. The summed E-state index contributed by atoms with van der Waals surface area (Å²) < 4.78 is 25.2. The molecule has 1 atom stereocenters. The fourth-order valence-corrected chi connectivity index (χ4v) is 4.43. The zero-order chi connectivity index (χ0) is 19.4. The van der Waals surface area contributed by atoms with Gasteiger partial charge in [0.1, 0.15) is 10.4 Å². The lowest BCUT2D eigenvalue weighted by atomic mass is 9.83. The monoisotopic (exact) mass is 396 g/mol. The number of nitrogens with zero attached hydrogens (tertiary/aromatic N) is 3. The van der Waals surface area contributed by atoms with Crippen molar-refractivity contribution < 1.29 is 13.2 Å². The largest absolute Gasteiger partial charge is 0.337 e. The number of nitrogens with one attached hydrogen (secondary N) is 1. The number of thioether (sulfide) groups is 1. The third-order valence-electron chi connectivity index (χ3n) is 4.44. The first-order chi connectivity index (χ1) is 12.2. The van der Waals surface area contributed by atoms with E-state index in [9.17, 15) is 18.5 Å². The summed E-state index contributed by atoms with van der Waals surface area (Å²) in [7, 11) is -0.605. The normalized spacial score (nSPS) is 18.1. The third-order valence-corrected chi connectivity index (χ3v) is 7.29. The number of hydrogen-bond donors (Lipinski definition) is 1. The Morgan fingerprint density at radius 1 is 1.35 bits per heavy atom. The molecule has 1 aromatic heterocycles. The second-order valence-electron chi connectivity index (χ2n) is 6.62. The van der Waals surface area contributed by atoms with Gasteiger partial charge in [-0.3, -0.25) is 4.79 Å². The molecule has 1 saturated carbocycles. The molecule has 0 bridgehead atoms. The molecule has 1 aliphatic rings. The van der Waals surface area contributed by atoms with Crippen LogP contribution in [0.15, 0.2) is 28.3 Å². The maximum Gasteiger partial charge on any atom is 0.244 e. The van der Waals surface area contributed by atoms with E-state index in [0.29, 0.717) is 17.9 Å². The average molecular weight is 397 g/mol. The van der Waals surface area contributed by atoms with E-state index >= 15 is 0 Å². The number of nitriles is 1. The first-order valence-electron chi connectivity index (χ1n) is 8.49. The van der Waals surface area contributed by atoms with Crippen LogP contribution in [0, 0.1) is 11.3 Å². The maximum atomic E-state index is 12.5. The fourth-order valence-electron chi connectivity index (χ4n) is 2.79. The molecule has 0 unspecified atom stereocenters. The van der Waals surface area contributed by atoms with Crippen molar-refractivity contribution in [2.24, 2.45) is 0 Å². The molecule has 0 aliphatic heterocycles. The molecule has 142 valence electrons. The topological polar surface area (TPSA) is 103 Å². The van der Waals surface area contributed by atoms with Crippen LogP contribution in [-0.4, -0.2) is 48.5 Å². The highest BCUT2D eigenvalue weighted by molar-refractivity contribution is 8.00. The van der Waals surface area contributed by atoms with Crippen LogP contribution < -0.4 is 5.32 Å². The minimum atomic E-state index is -3.52. The van der Waals surface area contributed by atoms with E-state index < -0.39 is 20.8 Å². The van der Waals surface area contributed by atoms with Gasteiger partial charge in [0, 0.05) is 20.3 Å². The summed E-state index contributed by atoms with van der Waals surface area (Å²) in [5, 5.41) is 12.5. The summed E-state index contributed by atoms with van der Waals surface area (Å²) in [5.74, 6) is -0.203. The molecule has 7 nitrogen and oxygen atoms in total. The molecule has 1 aromatic rings.